The number of allylic oxidation sites excluding steroid dienone is 1. The van der Waals surface area contributed by atoms with Crippen molar-refractivity contribution in [2.45, 2.75) is 19.8 Å². The number of ketones is 1. The Morgan fingerprint density at radius 1 is 1.41 bits per heavy atom. The summed E-state index contributed by atoms with van der Waals surface area (Å²) in [6, 6.07) is 7.10. The van der Waals surface area contributed by atoms with E-state index >= 15 is 0 Å². The lowest BCUT2D eigenvalue weighted by Crippen LogP contribution is -2.08. The van der Waals surface area contributed by atoms with E-state index in [9.17, 15) is 9.59 Å². The van der Waals surface area contributed by atoms with E-state index in [1.807, 2.05) is 13.0 Å². The van der Waals surface area contributed by atoms with Crippen molar-refractivity contribution >= 4 is 23.1 Å². The Morgan fingerprint density at radius 3 is 2.94 bits per heavy atom. The fraction of sp³-hybridized carbons (Fsp3) is 0.231. The number of carbonyl (C=O) groups excluding carboxylic acids is 1. The van der Waals surface area contributed by atoms with Crippen LogP contribution in [0.2, 0.25) is 0 Å². The minimum absolute atomic E-state index is 0.00433. The summed E-state index contributed by atoms with van der Waals surface area (Å²) in [5, 5.41) is 0. The molecule has 1 heterocycles. The predicted molar refractivity (Wildman–Crippen MR) is 65.7 cm³/mol. The van der Waals surface area contributed by atoms with E-state index in [0.717, 1.165) is 6.42 Å². The number of hydrogen-bond acceptors (Lipinski definition) is 3. The van der Waals surface area contributed by atoms with Gasteiger partial charge in [0, 0.05) is 12.6 Å². The Kier molecular flexibility index (Phi) is 3.23. The van der Waals surface area contributed by atoms with Crippen molar-refractivity contribution in [2.24, 2.45) is 0 Å². The number of oxazole rings is 1. The van der Waals surface area contributed by atoms with Crippen LogP contribution < -0.4 is 5.76 Å². The molecule has 2 aromatic rings. The third-order valence-corrected chi connectivity index (χ3v) is 2.42. The molecule has 1 aromatic heterocycles. The minimum Gasteiger partial charge on any atom is -0.407 e. The van der Waals surface area contributed by atoms with E-state index in [1.165, 1.54) is 16.8 Å². The second-order valence-electron chi connectivity index (χ2n) is 3.74. The second kappa shape index (κ2) is 4.82. The highest BCUT2D eigenvalue weighted by Gasteiger charge is 2.05. The van der Waals surface area contributed by atoms with Gasteiger partial charge in [0.2, 0.25) is 0 Å². The molecule has 0 bridgehead atoms. The first-order valence-corrected chi connectivity index (χ1v) is 5.53. The van der Waals surface area contributed by atoms with Crippen LogP contribution in [0.3, 0.4) is 0 Å². The largest absolute Gasteiger partial charge is 0.424 e. The number of rotatable bonds is 4. The summed E-state index contributed by atoms with van der Waals surface area (Å²) >= 11 is 0. The zero-order valence-corrected chi connectivity index (χ0v) is 9.55. The lowest BCUT2D eigenvalue weighted by Gasteiger charge is -1.93. The van der Waals surface area contributed by atoms with Crippen LogP contribution in [0.15, 0.2) is 39.6 Å². The molecule has 0 saturated heterocycles. The van der Waals surface area contributed by atoms with Gasteiger partial charge in [-0.15, -0.1) is 0 Å². The summed E-state index contributed by atoms with van der Waals surface area (Å²) in [4.78, 5) is 22.9. The third kappa shape index (κ3) is 2.36. The first-order valence-electron chi connectivity index (χ1n) is 5.53. The van der Waals surface area contributed by atoms with Gasteiger partial charge in [0.05, 0.1) is 5.52 Å². The summed E-state index contributed by atoms with van der Waals surface area (Å²) in [6.07, 6.45) is 4.16. The van der Waals surface area contributed by atoms with Gasteiger partial charge in [0.25, 0.3) is 0 Å². The van der Waals surface area contributed by atoms with Crippen LogP contribution >= 0.6 is 0 Å². The van der Waals surface area contributed by atoms with E-state index < -0.39 is 5.76 Å². The van der Waals surface area contributed by atoms with E-state index in [0.29, 0.717) is 17.5 Å². The molecule has 0 aliphatic heterocycles. The normalized spacial score (nSPS) is 11.4. The highest BCUT2D eigenvalue weighted by Crippen LogP contribution is 2.11. The quantitative estimate of drug-likeness (QED) is 0.759. The monoisotopic (exact) mass is 231 g/mol. The molecule has 0 saturated carbocycles. The standard InChI is InChI=1S/C13H13NO3/c1-2-5-10(15)8-9-14-11-6-3-4-7-12(11)17-13(14)16/h3-4,6-9H,2,5H2,1H3. The van der Waals surface area contributed by atoms with Gasteiger partial charge in [0.15, 0.2) is 11.4 Å². The molecule has 0 aliphatic rings. The van der Waals surface area contributed by atoms with Crippen LogP contribution in [0.25, 0.3) is 17.3 Å². The summed E-state index contributed by atoms with van der Waals surface area (Å²) in [7, 11) is 0. The van der Waals surface area contributed by atoms with Crippen molar-refractivity contribution in [3.05, 3.63) is 40.9 Å². The smallest absolute Gasteiger partial charge is 0.407 e. The third-order valence-electron chi connectivity index (χ3n) is 2.42. The van der Waals surface area contributed by atoms with E-state index in [2.05, 4.69) is 0 Å². The van der Waals surface area contributed by atoms with Crippen molar-refractivity contribution in [3.8, 4) is 0 Å². The van der Waals surface area contributed by atoms with Crippen LogP contribution in [0.4, 0.5) is 0 Å². The zero-order chi connectivity index (χ0) is 12.3. The fourth-order valence-corrected chi connectivity index (χ4v) is 1.61. The van der Waals surface area contributed by atoms with Crippen molar-refractivity contribution in [3.63, 3.8) is 0 Å². The minimum atomic E-state index is -0.480. The Bertz CT molecular complexity index is 619. The van der Waals surface area contributed by atoms with Crippen LogP contribution in [0.1, 0.15) is 19.8 Å². The molecule has 4 heteroatoms. The molecule has 0 fully saturated rings. The number of para-hydroxylation sites is 2. The second-order valence-corrected chi connectivity index (χ2v) is 3.74. The van der Waals surface area contributed by atoms with Gasteiger partial charge in [-0.05, 0) is 24.6 Å². The number of benzene rings is 1. The van der Waals surface area contributed by atoms with Gasteiger partial charge >= 0.3 is 5.76 Å². The SMILES string of the molecule is CCCC(=O)C=Cn1c(=O)oc2ccccc21. The molecule has 88 valence electrons. The van der Waals surface area contributed by atoms with Gasteiger partial charge in [-0.2, -0.15) is 0 Å². The van der Waals surface area contributed by atoms with E-state index in [1.54, 1.807) is 18.2 Å². The van der Waals surface area contributed by atoms with Gasteiger partial charge in [-0.1, -0.05) is 19.1 Å². The molecule has 4 nitrogen and oxygen atoms in total. The summed E-state index contributed by atoms with van der Waals surface area (Å²) in [6.45, 7) is 1.94. The number of carbonyl (C=O) groups is 1. The lowest BCUT2D eigenvalue weighted by atomic mass is 10.2. The van der Waals surface area contributed by atoms with Gasteiger partial charge in [0.1, 0.15) is 0 Å². The molecule has 2 rings (SSSR count). The Morgan fingerprint density at radius 2 is 2.18 bits per heavy atom. The highest BCUT2D eigenvalue weighted by molar-refractivity contribution is 5.92. The number of fused-ring (bicyclic) bond motifs is 1. The first kappa shape index (κ1) is 11.4. The molecule has 0 aliphatic carbocycles. The fourth-order valence-electron chi connectivity index (χ4n) is 1.61. The van der Waals surface area contributed by atoms with E-state index in [4.69, 9.17) is 4.42 Å². The lowest BCUT2D eigenvalue weighted by molar-refractivity contribution is -0.114. The average Bonchev–Trinajstić information content (AvgIpc) is 2.62. The molecule has 0 spiro atoms. The van der Waals surface area contributed by atoms with Gasteiger partial charge in [-0.3, -0.25) is 4.79 Å². The van der Waals surface area contributed by atoms with Crippen LogP contribution in [0.5, 0.6) is 0 Å². The molecule has 0 atom stereocenters. The topological polar surface area (TPSA) is 52.2 Å². The maximum atomic E-state index is 11.5. The van der Waals surface area contributed by atoms with E-state index in [-0.39, 0.29) is 5.78 Å². The molecule has 17 heavy (non-hydrogen) atoms. The highest BCUT2D eigenvalue weighted by atomic mass is 16.4. The molecular formula is C13H13NO3. The predicted octanol–water partition coefficient (Wildman–Crippen LogP) is 2.43. The Hall–Kier alpha value is -2.10. The Labute approximate surface area is 98.2 Å². The summed E-state index contributed by atoms with van der Waals surface area (Å²) in [5.74, 6) is -0.476. The van der Waals surface area contributed by atoms with Crippen LogP contribution in [-0.4, -0.2) is 10.4 Å². The van der Waals surface area contributed by atoms with Crippen LogP contribution in [-0.2, 0) is 4.79 Å². The number of aromatic nitrogens is 1. The van der Waals surface area contributed by atoms with Crippen LogP contribution in [0, 0.1) is 0 Å². The zero-order valence-electron chi connectivity index (χ0n) is 9.55. The summed E-state index contributed by atoms with van der Waals surface area (Å²) < 4.78 is 6.37. The first-order chi connectivity index (χ1) is 8.22. The Balaban J connectivity index is 2.39. The summed E-state index contributed by atoms with van der Waals surface area (Å²) in [5.41, 5.74) is 1.18. The number of hydrogen-bond donors (Lipinski definition) is 0. The van der Waals surface area contributed by atoms with Crippen molar-refractivity contribution in [1.82, 2.24) is 4.57 Å². The molecular weight excluding hydrogens is 218 g/mol. The maximum absolute atomic E-state index is 11.5. The molecule has 0 radical (unpaired) electrons. The molecule has 0 N–H and O–H groups in total. The van der Waals surface area contributed by atoms with Crippen molar-refractivity contribution in [2.75, 3.05) is 0 Å². The molecule has 0 amide bonds. The average molecular weight is 231 g/mol. The molecule has 1 aromatic carbocycles. The maximum Gasteiger partial charge on any atom is 0.424 e. The molecule has 0 unspecified atom stereocenters. The van der Waals surface area contributed by atoms with Gasteiger partial charge < -0.3 is 4.42 Å². The van der Waals surface area contributed by atoms with Crippen molar-refractivity contribution in [1.29, 1.82) is 0 Å². The van der Waals surface area contributed by atoms with Crippen molar-refractivity contribution < 1.29 is 9.21 Å². The number of nitrogens with zero attached hydrogens (tertiary/aromatic N) is 1. The van der Waals surface area contributed by atoms with Gasteiger partial charge in [-0.25, -0.2) is 9.36 Å².